The van der Waals surface area contributed by atoms with Gasteiger partial charge in [-0.15, -0.1) is 0 Å². The summed E-state index contributed by atoms with van der Waals surface area (Å²) in [5, 5.41) is 0. The van der Waals surface area contributed by atoms with Crippen LogP contribution in [-0.2, 0) is 16.1 Å². The Morgan fingerprint density at radius 1 is 1.08 bits per heavy atom. The Balaban J connectivity index is 1.34. The monoisotopic (exact) mass is 488 g/mol. The van der Waals surface area contributed by atoms with Crippen LogP contribution in [0.5, 0.6) is 0 Å². The van der Waals surface area contributed by atoms with E-state index in [2.05, 4.69) is 81.7 Å². The normalized spacial score (nSPS) is 14.5. The fraction of sp³-hybridized carbons (Fsp3) is 0.467. The Hall–Kier alpha value is -2.96. The summed E-state index contributed by atoms with van der Waals surface area (Å²) in [4.78, 5) is 22.2. The molecule has 36 heavy (non-hydrogen) atoms. The van der Waals surface area contributed by atoms with Crippen molar-refractivity contribution < 1.29 is 9.53 Å². The molecule has 1 fully saturated rings. The lowest BCUT2D eigenvalue weighted by atomic mass is 9.96. The van der Waals surface area contributed by atoms with Gasteiger partial charge < -0.3 is 19.1 Å². The van der Waals surface area contributed by atoms with Crippen LogP contribution >= 0.6 is 0 Å². The highest BCUT2D eigenvalue weighted by Gasteiger charge is 2.24. The number of aryl methyl sites for hydroxylation is 2. The zero-order chi connectivity index (χ0) is 25.3. The van der Waals surface area contributed by atoms with E-state index in [1.807, 2.05) is 12.4 Å². The maximum Gasteiger partial charge on any atom is 0.224 e. The Morgan fingerprint density at radius 2 is 1.81 bits per heavy atom. The van der Waals surface area contributed by atoms with Gasteiger partial charge in [-0.3, -0.25) is 4.79 Å². The first-order valence-corrected chi connectivity index (χ1v) is 13.3. The minimum Gasteiger partial charge on any atom is -0.383 e. The molecule has 1 aliphatic heterocycles. The molecule has 1 aromatic heterocycles. The highest BCUT2D eigenvalue weighted by Crippen LogP contribution is 2.31. The maximum absolute atomic E-state index is 13.1. The highest BCUT2D eigenvalue weighted by molar-refractivity contribution is 5.81. The van der Waals surface area contributed by atoms with E-state index in [1.165, 1.54) is 11.1 Å². The summed E-state index contributed by atoms with van der Waals surface area (Å²) in [6.45, 7) is 10.6. The van der Waals surface area contributed by atoms with Gasteiger partial charge in [0.1, 0.15) is 5.82 Å². The number of likely N-dealkylation sites (tertiary alicyclic amines) is 1. The van der Waals surface area contributed by atoms with Crippen LogP contribution in [-0.4, -0.2) is 71.7 Å². The van der Waals surface area contributed by atoms with Gasteiger partial charge >= 0.3 is 0 Å². The second-order valence-corrected chi connectivity index (χ2v) is 9.82. The molecular weight excluding hydrogens is 448 g/mol. The molecule has 3 aromatic rings. The van der Waals surface area contributed by atoms with Gasteiger partial charge in [0.2, 0.25) is 5.91 Å². The molecule has 0 saturated carbocycles. The van der Waals surface area contributed by atoms with Gasteiger partial charge in [0.15, 0.2) is 0 Å². The fourth-order valence-electron chi connectivity index (χ4n) is 5.10. The van der Waals surface area contributed by atoms with Crippen molar-refractivity contribution in [1.82, 2.24) is 19.4 Å². The van der Waals surface area contributed by atoms with E-state index in [0.29, 0.717) is 18.9 Å². The predicted molar refractivity (Wildman–Crippen MR) is 146 cm³/mol. The van der Waals surface area contributed by atoms with Crippen LogP contribution in [0, 0.1) is 12.8 Å². The number of aromatic nitrogens is 2. The molecule has 6 heteroatoms. The molecule has 0 spiro atoms. The van der Waals surface area contributed by atoms with Crippen LogP contribution in [0.4, 0.5) is 0 Å². The van der Waals surface area contributed by atoms with Gasteiger partial charge in [-0.05, 0) is 43.4 Å². The topological polar surface area (TPSA) is 50.6 Å². The van der Waals surface area contributed by atoms with Gasteiger partial charge in [0.05, 0.1) is 6.61 Å². The number of carbonyl (C=O) groups excluding carboxylic acids is 1. The van der Waals surface area contributed by atoms with Crippen LogP contribution in [0.1, 0.15) is 31.7 Å². The minimum absolute atomic E-state index is 0.242. The van der Waals surface area contributed by atoms with Gasteiger partial charge in [0.25, 0.3) is 0 Å². The van der Waals surface area contributed by atoms with E-state index in [9.17, 15) is 4.79 Å². The summed E-state index contributed by atoms with van der Waals surface area (Å²) in [7, 11) is 1.76. The minimum atomic E-state index is 0.242. The molecule has 2 heterocycles. The lowest BCUT2D eigenvalue weighted by molar-refractivity contribution is -0.132. The highest BCUT2D eigenvalue weighted by atomic mass is 16.5. The number of amides is 1. The van der Waals surface area contributed by atoms with Crippen molar-refractivity contribution in [2.75, 3.05) is 46.4 Å². The van der Waals surface area contributed by atoms with Crippen molar-refractivity contribution in [3.63, 3.8) is 0 Å². The lowest BCUT2D eigenvalue weighted by Gasteiger charge is -2.34. The number of hydrogen-bond acceptors (Lipinski definition) is 4. The van der Waals surface area contributed by atoms with E-state index >= 15 is 0 Å². The van der Waals surface area contributed by atoms with Crippen molar-refractivity contribution in [3.05, 3.63) is 66.5 Å². The molecule has 192 valence electrons. The number of rotatable bonds is 11. The van der Waals surface area contributed by atoms with Crippen LogP contribution in [0.15, 0.2) is 60.9 Å². The number of benzene rings is 2. The number of methoxy groups -OCH3 is 1. The zero-order valence-electron chi connectivity index (χ0n) is 22.0. The summed E-state index contributed by atoms with van der Waals surface area (Å²) in [6, 6.07) is 17.0. The van der Waals surface area contributed by atoms with Crippen molar-refractivity contribution in [2.45, 2.75) is 39.7 Å². The van der Waals surface area contributed by atoms with E-state index in [4.69, 9.17) is 4.74 Å². The molecule has 0 N–H and O–H groups in total. The van der Waals surface area contributed by atoms with Crippen molar-refractivity contribution in [2.24, 2.45) is 5.92 Å². The van der Waals surface area contributed by atoms with Crippen LogP contribution in [0.25, 0.3) is 22.5 Å². The van der Waals surface area contributed by atoms with E-state index in [0.717, 1.165) is 69.1 Å². The molecule has 1 saturated heterocycles. The Bertz CT molecular complexity index is 1100. The number of imidazole rings is 1. The Labute approximate surface area is 215 Å². The molecule has 4 rings (SSSR count). The number of hydrogen-bond donors (Lipinski definition) is 0. The third kappa shape index (κ3) is 6.62. The largest absolute Gasteiger partial charge is 0.383 e. The molecule has 0 aliphatic carbocycles. The third-order valence-electron chi connectivity index (χ3n) is 7.36. The summed E-state index contributed by atoms with van der Waals surface area (Å²) < 4.78 is 7.36. The summed E-state index contributed by atoms with van der Waals surface area (Å²) in [5.74, 6) is 1.81. The molecule has 1 amide bonds. The van der Waals surface area contributed by atoms with Gasteiger partial charge in [-0.25, -0.2) is 4.98 Å². The standard InChI is InChI=1S/C30H40N4O2/c1-4-32(21-22-36-3)23-25-13-17-33(18-14-25)29(35)15-19-34-20-16-31-30(34)28-8-6-5-7-27(28)26-11-9-24(2)10-12-26/h5-12,16,20,25H,4,13-15,17-19,21-23H2,1-3H3. The second-order valence-electron chi connectivity index (χ2n) is 9.82. The van der Waals surface area contributed by atoms with Crippen LogP contribution in [0.3, 0.4) is 0 Å². The van der Waals surface area contributed by atoms with Gasteiger partial charge in [-0.1, -0.05) is 61.0 Å². The SMILES string of the molecule is CCN(CCOC)CC1CCN(C(=O)CCn2ccnc2-c2ccccc2-c2ccc(C)cc2)CC1. The van der Waals surface area contributed by atoms with E-state index in [1.54, 1.807) is 7.11 Å². The zero-order valence-corrected chi connectivity index (χ0v) is 22.0. The van der Waals surface area contributed by atoms with E-state index < -0.39 is 0 Å². The summed E-state index contributed by atoms with van der Waals surface area (Å²) in [6.07, 6.45) is 6.47. The van der Waals surface area contributed by atoms with E-state index in [-0.39, 0.29) is 5.91 Å². The number of likely N-dealkylation sites (N-methyl/N-ethyl adjacent to an activating group) is 1. The number of ether oxygens (including phenoxy) is 1. The molecule has 6 nitrogen and oxygen atoms in total. The molecule has 2 aromatic carbocycles. The predicted octanol–water partition coefficient (Wildman–Crippen LogP) is 5.12. The number of nitrogens with zero attached hydrogens (tertiary/aromatic N) is 4. The second kappa shape index (κ2) is 12.8. The van der Waals surface area contributed by atoms with Crippen molar-refractivity contribution >= 4 is 5.91 Å². The fourth-order valence-corrected chi connectivity index (χ4v) is 5.10. The van der Waals surface area contributed by atoms with Crippen molar-refractivity contribution in [1.29, 1.82) is 0 Å². The first-order chi connectivity index (χ1) is 17.6. The Morgan fingerprint density at radius 3 is 2.50 bits per heavy atom. The molecule has 0 unspecified atom stereocenters. The summed E-state index contributed by atoms with van der Waals surface area (Å²) >= 11 is 0. The Kier molecular flexibility index (Phi) is 9.31. The first kappa shape index (κ1) is 26.1. The molecule has 0 radical (unpaired) electrons. The number of carbonyl (C=O) groups is 1. The lowest BCUT2D eigenvalue weighted by Crippen LogP contribution is -2.42. The van der Waals surface area contributed by atoms with Crippen LogP contribution < -0.4 is 0 Å². The quantitative estimate of drug-likeness (QED) is 0.376. The first-order valence-electron chi connectivity index (χ1n) is 13.3. The molecule has 1 aliphatic rings. The third-order valence-corrected chi connectivity index (χ3v) is 7.36. The van der Waals surface area contributed by atoms with Gasteiger partial charge in [0, 0.05) is 64.2 Å². The molecule has 0 bridgehead atoms. The smallest absolute Gasteiger partial charge is 0.224 e. The summed E-state index contributed by atoms with van der Waals surface area (Å²) in [5.41, 5.74) is 4.67. The maximum atomic E-state index is 13.1. The average Bonchev–Trinajstić information content (AvgIpc) is 3.39. The average molecular weight is 489 g/mol. The molecule has 0 atom stereocenters. The number of piperidine rings is 1. The van der Waals surface area contributed by atoms with Crippen molar-refractivity contribution in [3.8, 4) is 22.5 Å². The van der Waals surface area contributed by atoms with Gasteiger partial charge in [-0.2, -0.15) is 0 Å². The van der Waals surface area contributed by atoms with Crippen LogP contribution in [0.2, 0.25) is 0 Å². The molecular formula is C30H40N4O2.